The number of fused-ring (bicyclic) bond motifs is 1. The monoisotopic (exact) mass is 478 g/mol. The Bertz CT molecular complexity index is 870. The van der Waals surface area contributed by atoms with Gasteiger partial charge in [0.25, 0.3) is 0 Å². The summed E-state index contributed by atoms with van der Waals surface area (Å²) in [4.78, 5) is 13.0. The topological polar surface area (TPSA) is 35.5 Å². The minimum Gasteiger partial charge on any atom is -0.420 e. The second-order valence-electron chi connectivity index (χ2n) is 10.6. The number of ether oxygens (including phenoxy) is 1. The summed E-state index contributed by atoms with van der Waals surface area (Å²) in [6, 6.07) is 0. The fraction of sp³-hybridized carbons (Fsp3) is 0.696. The minimum absolute atomic E-state index is 0.0888. The lowest BCUT2D eigenvalue weighted by Gasteiger charge is -2.59. The van der Waals surface area contributed by atoms with Crippen LogP contribution in [0, 0.1) is 40.9 Å². The molecule has 2 fully saturated rings. The molecule has 2 saturated carbocycles. The number of hydrogen-bond donors (Lipinski definition) is 0. The first-order valence-electron chi connectivity index (χ1n) is 11.2. The van der Waals surface area contributed by atoms with Gasteiger partial charge in [0.15, 0.2) is 8.32 Å². The van der Waals surface area contributed by atoms with Gasteiger partial charge in [0.2, 0.25) is 34.8 Å². The molecule has 1 aromatic carbocycles. The van der Waals surface area contributed by atoms with Crippen molar-refractivity contribution >= 4 is 14.3 Å². The van der Waals surface area contributed by atoms with Gasteiger partial charge in [0, 0.05) is 0 Å². The maximum Gasteiger partial charge on any atom is 0.317 e. The SMILES string of the molecule is CC(C)(C)[Si](C)(C)O[C@]12CCCCCC[C@H]1C[C@@H]2C(=O)Oc1c(F)c(F)c(F)c(F)c1F. The van der Waals surface area contributed by atoms with Gasteiger partial charge >= 0.3 is 5.97 Å². The molecule has 2 aliphatic carbocycles. The highest BCUT2D eigenvalue weighted by Crippen LogP contribution is 2.57. The van der Waals surface area contributed by atoms with Crippen molar-refractivity contribution < 1.29 is 35.9 Å². The van der Waals surface area contributed by atoms with E-state index in [9.17, 15) is 26.7 Å². The Kier molecular flexibility index (Phi) is 6.84. The zero-order valence-corrected chi connectivity index (χ0v) is 20.2. The predicted molar refractivity (Wildman–Crippen MR) is 112 cm³/mol. The lowest BCUT2D eigenvalue weighted by Crippen LogP contribution is -2.66. The van der Waals surface area contributed by atoms with Crippen molar-refractivity contribution in [3.63, 3.8) is 0 Å². The molecule has 2 aliphatic rings. The second-order valence-corrected chi connectivity index (χ2v) is 15.3. The van der Waals surface area contributed by atoms with E-state index in [2.05, 4.69) is 33.9 Å². The van der Waals surface area contributed by atoms with E-state index in [1.165, 1.54) is 0 Å². The Hall–Kier alpha value is -1.48. The highest BCUT2D eigenvalue weighted by molar-refractivity contribution is 6.74. The minimum atomic E-state index is -2.35. The molecule has 0 aromatic heterocycles. The molecular formula is C23H31F5O3Si. The quantitative estimate of drug-likeness (QED) is 0.116. The summed E-state index contributed by atoms with van der Waals surface area (Å²) in [6.07, 6.45) is 5.76. The molecular weight excluding hydrogens is 447 g/mol. The molecule has 3 nitrogen and oxygen atoms in total. The number of benzene rings is 1. The van der Waals surface area contributed by atoms with Crippen molar-refractivity contribution in [2.24, 2.45) is 11.8 Å². The molecule has 1 aromatic rings. The van der Waals surface area contributed by atoms with E-state index >= 15 is 0 Å². The Morgan fingerprint density at radius 1 is 0.906 bits per heavy atom. The van der Waals surface area contributed by atoms with E-state index in [0.29, 0.717) is 12.8 Å². The first-order valence-corrected chi connectivity index (χ1v) is 14.1. The van der Waals surface area contributed by atoms with Crippen molar-refractivity contribution in [3.8, 4) is 5.75 Å². The summed E-state index contributed by atoms with van der Waals surface area (Å²) in [5, 5.41) is -0.139. The van der Waals surface area contributed by atoms with Crippen LogP contribution in [0.1, 0.15) is 65.7 Å². The molecule has 32 heavy (non-hydrogen) atoms. The van der Waals surface area contributed by atoms with Gasteiger partial charge in [-0.25, -0.2) is 13.2 Å². The summed E-state index contributed by atoms with van der Waals surface area (Å²) in [5.74, 6) is -14.2. The molecule has 0 spiro atoms. The van der Waals surface area contributed by atoms with Crippen LogP contribution >= 0.6 is 0 Å². The fourth-order valence-corrected chi connectivity index (χ4v) is 6.34. The van der Waals surface area contributed by atoms with Crippen molar-refractivity contribution in [2.45, 2.75) is 89.5 Å². The summed E-state index contributed by atoms with van der Waals surface area (Å²) < 4.78 is 80.4. The van der Waals surface area contributed by atoms with E-state index < -0.39 is 60.6 Å². The normalized spacial score (nSPS) is 26.6. The molecule has 3 rings (SSSR count). The van der Waals surface area contributed by atoms with Gasteiger partial charge in [-0.15, -0.1) is 0 Å². The number of carbonyl (C=O) groups excluding carboxylic acids is 1. The molecule has 0 heterocycles. The van der Waals surface area contributed by atoms with Gasteiger partial charge < -0.3 is 9.16 Å². The van der Waals surface area contributed by atoms with E-state index in [1.54, 1.807) is 0 Å². The van der Waals surface area contributed by atoms with Crippen LogP contribution in [0.25, 0.3) is 0 Å². The third kappa shape index (κ3) is 4.22. The Morgan fingerprint density at radius 3 is 2.00 bits per heavy atom. The average molecular weight is 479 g/mol. The van der Waals surface area contributed by atoms with Crippen LogP contribution in [0.15, 0.2) is 0 Å². The Balaban J connectivity index is 1.95. The second kappa shape index (κ2) is 8.70. The number of esters is 1. The zero-order chi connectivity index (χ0) is 24.1. The van der Waals surface area contributed by atoms with Gasteiger partial charge in [0.1, 0.15) is 0 Å². The van der Waals surface area contributed by atoms with E-state index in [1.807, 2.05) is 0 Å². The van der Waals surface area contributed by atoms with Crippen LogP contribution in [0.3, 0.4) is 0 Å². The maximum atomic E-state index is 14.1. The van der Waals surface area contributed by atoms with Gasteiger partial charge in [-0.1, -0.05) is 46.5 Å². The number of halogens is 5. The maximum absolute atomic E-state index is 14.1. The largest absolute Gasteiger partial charge is 0.420 e. The van der Waals surface area contributed by atoms with Crippen molar-refractivity contribution in [1.82, 2.24) is 0 Å². The molecule has 0 saturated heterocycles. The van der Waals surface area contributed by atoms with Gasteiger partial charge in [0.05, 0.1) is 11.5 Å². The first kappa shape index (κ1) is 25.1. The van der Waals surface area contributed by atoms with Crippen molar-refractivity contribution in [2.75, 3.05) is 0 Å². The third-order valence-corrected chi connectivity index (χ3v) is 12.1. The van der Waals surface area contributed by atoms with Crippen molar-refractivity contribution in [1.29, 1.82) is 0 Å². The standard InChI is InChI=1S/C23H31F5O3Si/c1-22(2,3)32(4,5)31-23-11-9-7-6-8-10-13(23)12-14(23)21(29)30-20-18(27)16(25)15(24)17(26)19(20)28/h13-14H,6-12H2,1-5H3/t13-,14+,23+/m0/s1. The zero-order valence-electron chi connectivity index (χ0n) is 19.2. The van der Waals surface area contributed by atoms with Gasteiger partial charge in [-0.2, -0.15) is 8.78 Å². The summed E-state index contributed by atoms with van der Waals surface area (Å²) in [5.41, 5.74) is -0.843. The van der Waals surface area contributed by atoms with Crippen LogP contribution in [0.5, 0.6) is 5.75 Å². The average Bonchev–Trinajstić information content (AvgIpc) is 2.69. The molecule has 9 heteroatoms. The number of hydrogen-bond acceptors (Lipinski definition) is 3. The predicted octanol–water partition coefficient (Wildman–Crippen LogP) is 7.04. The summed E-state index contributed by atoms with van der Waals surface area (Å²) in [7, 11) is -2.35. The van der Waals surface area contributed by atoms with E-state index in [-0.39, 0.29) is 11.0 Å². The van der Waals surface area contributed by atoms with Gasteiger partial charge in [-0.05, 0) is 43.3 Å². The molecule has 0 unspecified atom stereocenters. The van der Waals surface area contributed by atoms with Crippen molar-refractivity contribution in [3.05, 3.63) is 29.1 Å². The molecule has 0 radical (unpaired) electrons. The van der Waals surface area contributed by atoms with Crippen LogP contribution < -0.4 is 4.74 Å². The van der Waals surface area contributed by atoms with E-state index in [0.717, 1.165) is 32.1 Å². The third-order valence-electron chi connectivity index (χ3n) is 7.58. The van der Waals surface area contributed by atoms with Gasteiger partial charge in [-0.3, -0.25) is 4.79 Å². The molecule has 0 amide bonds. The highest BCUT2D eigenvalue weighted by atomic mass is 28.4. The summed E-state index contributed by atoms with van der Waals surface area (Å²) in [6.45, 7) is 10.4. The highest BCUT2D eigenvalue weighted by Gasteiger charge is 2.62. The lowest BCUT2D eigenvalue weighted by atomic mass is 9.56. The Morgan fingerprint density at radius 2 is 1.44 bits per heavy atom. The molecule has 180 valence electrons. The van der Waals surface area contributed by atoms with E-state index in [4.69, 9.17) is 9.16 Å². The number of rotatable bonds is 4. The first-order chi connectivity index (χ1) is 14.7. The Labute approximate surface area is 186 Å². The molecule has 3 atom stereocenters. The number of carbonyl (C=O) groups is 1. The van der Waals surface area contributed by atoms with Crippen LogP contribution in [0.4, 0.5) is 22.0 Å². The smallest absolute Gasteiger partial charge is 0.317 e. The molecule has 0 N–H and O–H groups in total. The molecule has 0 bridgehead atoms. The van der Waals surface area contributed by atoms with Crippen LogP contribution in [-0.2, 0) is 9.22 Å². The summed E-state index contributed by atoms with van der Waals surface area (Å²) >= 11 is 0. The lowest BCUT2D eigenvalue weighted by molar-refractivity contribution is -0.183. The van der Waals surface area contributed by atoms with Crippen LogP contribution in [0.2, 0.25) is 18.1 Å². The fourth-order valence-electron chi connectivity index (χ4n) is 4.67. The molecule has 0 aliphatic heterocycles. The van der Waals surface area contributed by atoms with Crippen LogP contribution in [-0.4, -0.2) is 19.9 Å².